The van der Waals surface area contributed by atoms with Crippen LogP contribution in [0.2, 0.25) is 0 Å². The first-order valence-corrected chi connectivity index (χ1v) is 6.29. The minimum absolute atomic E-state index is 0.134. The Morgan fingerprint density at radius 3 is 2.05 bits per heavy atom. The van der Waals surface area contributed by atoms with Crippen molar-refractivity contribution in [3.63, 3.8) is 0 Å². The Balaban J connectivity index is 2.73. The van der Waals surface area contributed by atoms with E-state index in [9.17, 15) is 13.6 Å². The van der Waals surface area contributed by atoms with Crippen LogP contribution in [0.3, 0.4) is 0 Å². The Morgan fingerprint density at radius 2 is 1.65 bits per heavy atom. The number of hydrogen-bond acceptors (Lipinski definition) is 4. The molecule has 1 aliphatic rings. The summed E-state index contributed by atoms with van der Waals surface area (Å²) in [5.41, 5.74) is -1.48. The van der Waals surface area contributed by atoms with Crippen LogP contribution in [0.4, 0.5) is 8.78 Å². The minimum Gasteiger partial charge on any atom is -0.494 e. The largest absolute Gasteiger partial charge is 0.494 e. The first-order valence-electron chi connectivity index (χ1n) is 6.29. The third kappa shape index (κ3) is 2.16. The predicted molar refractivity (Wildman–Crippen MR) is 67.7 cm³/mol. The second-order valence-corrected chi connectivity index (χ2v) is 4.73. The molecule has 0 saturated heterocycles. The van der Waals surface area contributed by atoms with E-state index >= 15 is 0 Å². The molecular formula is C14H15F2NO3. The van der Waals surface area contributed by atoms with Crippen molar-refractivity contribution in [2.24, 2.45) is 4.99 Å². The van der Waals surface area contributed by atoms with Gasteiger partial charge in [0, 0.05) is 6.07 Å². The maximum atomic E-state index is 14.5. The van der Waals surface area contributed by atoms with Crippen LogP contribution < -0.4 is 9.47 Å². The van der Waals surface area contributed by atoms with Gasteiger partial charge in [-0.15, -0.1) is 0 Å². The smallest absolute Gasteiger partial charge is 0.235 e. The molecule has 4 nitrogen and oxygen atoms in total. The van der Waals surface area contributed by atoms with Crippen molar-refractivity contribution in [2.45, 2.75) is 31.2 Å². The maximum Gasteiger partial charge on any atom is 0.235 e. The van der Waals surface area contributed by atoms with Gasteiger partial charge in [-0.3, -0.25) is 0 Å². The van der Waals surface area contributed by atoms with Crippen LogP contribution in [-0.4, -0.2) is 20.3 Å². The lowest BCUT2D eigenvalue weighted by Crippen LogP contribution is -2.23. The average Bonchev–Trinajstić information content (AvgIpc) is 2.89. The van der Waals surface area contributed by atoms with Crippen molar-refractivity contribution >= 4 is 6.08 Å². The lowest BCUT2D eigenvalue weighted by atomic mass is 9.87. The van der Waals surface area contributed by atoms with Gasteiger partial charge in [-0.2, -0.15) is 4.99 Å². The fourth-order valence-corrected chi connectivity index (χ4v) is 2.76. The highest BCUT2D eigenvalue weighted by molar-refractivity contribution is 5.47. The van der Waals surface area contributed by atoms with E-state index in [1.54, 1.807) is 0 Å². The zero-order valence-corrected chi connectivity index (χ0v) is 11.3. The van der Waals surface area contributed by atoms with Gasteiger partial charge in [0.25, 0.3) is 0 Å². The number of methoxy groups -OCH3 is 2. The second-order valence-electron chi connectivity index (χ2n) is 4.73. The van der Waals surface area contributed by atoms with Crippen molar-refractivity contribution in [1.29, 1.82) is 0 Å². The van der Waals surface area contributed by atoms with Crippen LogP contribution >= 0.6 is 0 Å². The van der Waals surface area contributed by atoms with E-state index in [1.807, 2.05) is 0 Å². The fraction of sp³-hybridized carbons (Fsp3) is 0.500. The summed E-state index contributed by atoms with van der Waals surface area (Å²) in [6.45, 7) is 0. The van der Waals surface area contributed by atoms with Crippen LogP contribution in [-0.2, 0) is 10.3 Å². The zero-order chi connectivity index (χ0) is 14.8. The van der Waals surface area contributed by atoms with Gasteiger partial charge in [-0.05, 0) is 12.8 Å². The lowest BCUT2D eigenvalue weighted by Gasteiger charge is -2.25. The van der Waals surface area contributed by atoms with Gasteiger partial charge in [0.15, 0.2) is 23.1 Å². The first-order chi connectivity index (χ1) is 9.59. The zero-order valence-electron chi connectivity index (χ0n) is 11.3. The fourth-order valence-electron chi connectivity index (χ4n) is 2.76. The second kappa shape index (κ2) is 5.59. The van der Waals surface area contributed by atoms with E-state index in [-0.39, 0.29) is 17.1 Å². The summed E-state index contributed by atoms with van der Waals surface area (Å²) in [4.78, 5) is 14.4. The number of isocyanates is 1. The molecule has 0 spiro atoms. The van der Waals surface area contributed by atoms with Gasteiger partial charge in [0.1, 0.15) is 5.54 Å². The summed E-state index contributed by atoms with van der Waals surface area (Å²) in [7, 11) is 2.56. The molecule has 0 amide bonds. The molecule has 1 aliphatic carbocycles. The molecule has 108 valence electrons. The quantitative estimate of drug-likeness (QED) is 0.630. The van der Waals surface area contributed by atoms with Gasteiger partial charge >= 0.3 is 0 Å². The number of halogens is 2. The Hall–Kier alpha value is -1.94. The highest BCUT2D eigenvalue weighted by Crippen LogP contribution is 2.47. The Morgan fingerprint density at radius 1 is 1.15 bits per heavy atom. The molecule has 0 radical (unpaired) electrons. The number of benzene rings is 1. The molecule has 1 aromatic rings. The van der Waals surface area contributed by atoms with Gasteiger partial charge < -0.3 is 9.47 Å². The molecular weight excluding hydrogens is 268 g/mol. The molecule has 0 aromatic heterocycles. The topological polar surface area (TPSA) is 47.9 Å². The van der Waals surface area contributed by atoms with Crippen molar-refractivity contribution in [3.8, 4) is 11.5 Å². The predicted octanol–water partition coefficient (Wildman–Crippen LogP) is 3.09. The van der Waals surface area contributed by atoms with Crippen molar-refractivity contribution in [3.05, 3.63) is 23.3 Å². The van der Waals surface area contributed by atoms with E-state index in [2.05, 4.69) is 4.99 Å². The minimum atomic E-state index is -1.21. The Bertz CT molecular complexity index is 534. The van der Waals surface area contributed by atoms with Gasteiger partial charge in [-0.1, -0.05) is 12.8 Å². The van der Waals surface area contributed by atoms with Crippen molar-refractivity contribution in [1.82, 2.24) is 0 Å². The molecule has 20 heavy (non-hydrogen) atoms. The number of aliphatic imine (C=N–C) groups is 1. The van der Waals surface area contributed by atoms with Gasteiger partial charge in [0.05, 0.1) is 19.8 Å². The van der Waals surface area contributed by atoms with Gasteiger partial charge in [0.2, 0.25) is 6.08 Å². The van der Waals surface area contributed by atoms with E-state index < -0.39 is 17.2 Å². The maximum absolute atomic E-state index is 14.5. The van der Waals surface area contributed by atoms with Crippen LogP contribution in [0, 0.1) is 11.6 Å². The molecule has 0 atom stereocenters. The van der Waals surface area contributed by atoms with E-state index in [4.69, 9.17) is 9.47 Å². The summed E-state index contributed by atoms with van der Waals surface area (Å²) >= 11 is 0. The van der Waals surface area contributed by atoms with Crippen molar-refractivity contribution < 1.29 is 23.0 Å². The van der Waals surface area contributed by atoms with E-state index in [0.717, 1.165) is 18.9 Å². The van der Waals surface area contributed by atoms with Crippen LogP contribution in [0.1, 0.15) is 31.2 Å². The molecule has 6 heteroatoms. The third-order valence-corrected chi connectivity index (χ3v) is 3.73. The lowest BCUT2D eigenvalue weighted by molar-refractivity contribution is 0.331. The molecule has 0 aliphatic heterocycles. The Labute approximate surface area is 115 Å². The summed E-state index contributed by atoms with van der Waals surface area (Å²) < 4.78 is 38.7. The third-order valence-electron chi connectivity index (χ3n) is 3.73. The average molecular weight is 283 g/mol. The highest BCUT2D eigenvalue weighted by atomic mass is 19.1. The van der Waals surface area contributed by atoms with Crippen LogP contribution in [0.15, 0.2) is 11.1 Å². The summed E-state index contributed by atoms with van der Waals surface area (Å²) in [5.74, 6) is -1.95. The standard InChI is InChI=1S/C14H15F2NO3/c1-19-9-7-10(20-2)13(16)11(12(9)15)14(17-8-18)5-3-4-6-14/h7H,3-6H2,1-2H3. The molecule has 1 fully saturated rings. The number of carbonyl (C=O) groups excluding carboxylic acids is 1. The SMILES string of the molecule is COc1cc(OC)c(F)c(C2(N=C=O)CCCC2)c1F. The normalized spacial score (nSPS) is 16.6. The Kier molecular flexibility index (Phi) is 4.04. The number of hydrogen-bond donors (Lipinski definition) is 0. The molecule has 1 aromatic carbocycles. The first kappa shape index (κ1) is 14.5. The molecule has 2 rings (SSSR count). The summed E-state index contributed by atoms with van der Waals surface area (Å²) in [6.07, 6.45) is 3.71. The van der Waals surface area contributed by atoms with Gasteiger partial charge in [-0.25, -0.2) is 13.6 Å². The molecule has 0 N–H and O–H groups in total. The molecule has 0 bridgehead atoms. The number of rotatable bonds is 4. The van der Waals surface area contributed by atoms with E-state index in [0.29, 0.717) is 12.8 Å². The van der Waals surface area contributed by atoms with E-state index in [1.165, 1.54) is 20.3 Å². The molecule has 0 unspecified atom stereocenters. The van der Waals surface area contributed by atoms with Crippen molar-refractivity contribution in [2.75, 3.05) is 14.2 Å². The summed E-state index contributed by atoms with van der Waals surface area (Å²) in [6, 6.07) is 1.14. The number of nitrogens with zero attached hydrogens (tertiary/aromatic N) is 1. The monoisotopic (exact) mass is 283 g/mol. The number of ether oxygens (including phenoxy) is 2. The van der Waals surface area contributed by atoms with Crippen LogP contribution in [0.5, 0.6) is 11.5 Å². The highest BCUT2D eigenvalue weighted by Gasteiger charge is 2.42. The molecule has 0 heterocycles. The van der Waals surface area contributed by atoms with Crippen LogP contribution in [0.25, 0.3) is 0 Å². The molecule has 1 saturated carbocycles. The summed E-state index contributed by atoms with van der Waals surface area (Å²) in [5, 5.41) is 0.